The number of nitro groups is 1. The number of urea groups is 1. The lowest BCUT2D eigenvalue weighted by atomic mass is 9.92. The summed E-state index contributed by atoms with van der Waals surface area (Å²) >= 11 is 0. The molecule has 0 aromatic heterocycles. The van der Waals surface area contributed by atoms with E-state index in [0.29, 0.717) is 17.1 Å². The normalized spacial score (nSPS) is 20.0. The van der Waals surface area contributed by atoms with E-state index in [9.17, 15) is 24.5 Å². The predicted molar refractivity (Wildman–Crippen MR) is 97.6 cm³/mol. The molecule has 1 atom stereocenters. The molecule has 4 rings (SSSR count). The van der Waals surface area contributed by atoms with Gasteiger partial charge in [-0.05, 0) is 42.8 Å². The number of benzene rings is 2. The van der Waals surface area contributed by atoms with Crippen molar-refractivity contribution >= 4 is 23.4 Å². The molecule has 0 bridgehead atoms. The first-order valence-electron chi connectivity index (χ1n) is 8.61. The van der Waals surface area contributed by atoms with Gasteiger partial charge >= 0.3 is 6.03 Å². The number of Topliss-reactive ketones (excluding diaryl/α,β-unsaturated/α-hetero) is 1. The highest BCUT2D eigenvalue weighted by molar-refractivity contribution is 6.11. The zero-order valence-corrected chi connectivity index (χ0v) is 15.2. The second-order valence-corrected chi connectivity index (χ2v) is 6.74. The second-order valence-electron chi connectivity index (χ2n) is 6.74. The maximum atomic E-state index is 12.9. The smallest absolute Gasteiger partial charge is 0.325 e. The van der Waals surface area contributed by atoms with Crippen LogP contribution in [0.5, 0.6) is 11.5 Å². The lowest BCUT2D eigenvalue weighted by Gasteiger charge is -2.22. The van der Waals surface area contributed by atoms with Crippen LogP contribution in [0.2, 0.25) is 0 Å². The summed E-state index contributed by atoms with van der Waals surface area (Å²) in [4.78, 5) is 49.0. The van der Waals surface area contributed by atoms with Crippen molar-refractivity contribution in [2.75, 3.05) is 13.3 Å². The van der Waals surface area contributed by atoms with Crippen LogP contribution in [-0.4, -0.2) is 40.9 Å². The summed E-state index contributed by atoms with van der Waals surface area (Å²) in [5, 5.41) is 13.4. The second kappa shape index (κ2) is 6.59. The first kappa shape index (κ1) is 18.4. The molecule has 2 heterocycles. The highest BCUT2D eigenvalue weighted by Gasteiger charge is 2.49. The molecule has 0 aliphatic carbocycles. The van der Waals surface area contributed by atoms with Crippen molar-refractivity contribution in [1.29, 1.82) is 0 Å². The van der Waals surface area contributed by atoms with Crippen molar-refractivity contribution in [2.45, 2.75) is 12.5 Å². The first-order valence-corrected chi connectivity index (χ1v) is 8.61. The minimum absolute atomic E-state index is 0.0631. The Morgan fingerprint density at radius 2 is 1.86 bits per heavy atom. The zero-order valence-electron chi connectivity index (χ0n) is 15.2. The van der Waals surface area contributed by atoms with Crippen LogP contribution in [-0.2, 0) is 10.3 Å². The molecule has 2 aliphatic rings. The van der Waals surface area contributed by atoms with Crippen LogP contribution in [0.4, 0.5) is 10.5 Å². The van der Waals surface area contributed by atoms with E-state index < -0.39 is 34.7 Å². The standard InChI is InChI=1S/C19H15N3O7/c1-19(12-3-5-13(6-4-12)22(26)27)17(24)21(18(25)20-19)9-14(23)11-2-7-15-16(8-11)29-10-28-15/h2-8H,9-10H2,1H3,(H,20,25)/t19-/m0/s1. The first-order chi connectivity index (χ1) is 13.8. The van der Waals surface area contributed by atoms with Crippen LogP contribution in [0.25, 0.3) is 0 Å². The Kier molecular flexibility index (Phi) is 4.18. The topological polar surface area (TPSA) is 128 Å². The number of carbonyl (C=O) groups is 3. The lowest BCUT2D eigenvalue weighted by Crippen LogP contribution is -2.41. The maximum absolute atomic E-state index is 12.9. The van der Waals surface area contributed by atoms with Crippen LogP contribution in [0.3, 0.4) is 0 Å². The van der Waals surface area contributed by atoms with Crippen molar-refractivity contribution in [1.82, 2.24) is 10.2 Å². The molecule has 0 radical (unpaired) electrons. The van der Waals surface area contributed by atoms with Gasteiger partial charge in [-0.25, -0.2) is 4.79 Å². The van der Waals surface area contributed by atoms with Crippen LogP contribution in [0.1, 0.15) is 22.8 Å². The number of non-ortho nitro benzene ring substituents is 1. The maximum Gasteiger partial charge on any atom is 0.325 e. The quantitative estimate of drug-likeness (QED) is 0.353. The van der Waals surface area contributed by atoms with E-state index in [0.717, 1.165) is 4.90 Å². The van der Waals surface area contributed by atoms with Gasteiger partial charge in [0.2, 0.25) is 6.79 Å². The van der Waals surface area contributed by atoms with Gasteiger partial charge in [0, 0.05) is 17.7 Å². The number of nitrogens with one attached hydrogen (secondary N) is 1. The third-order valence-corrected chi connectivity index (χ3v) is 4.93. The number of hydrogen-bond donors (Lipinski definition) is 1. The monoisotopic (exact) mass is 397 g/mol. The van der Waals surface area contributed by atoms with Crippen molar-refractivity contribution in [3.05, 3.63) is 63.7 Å². The Balaban J connectivity index is 1.54. The highest BCUT2D eigenvalue weighted by Crippen LogP contribution is 2.33. The number of nitro benzene ring substituents is 1. The molecule has 1 N–H and O–H groups in total. The molecule has 3 amide bonds. The van der Waals surface area contributed by atoms with E-state index in [2.05, 4.69) is 5.32 Å². The molecule has 148 valence electrons. The van der Waals surface area contributed by atoms with Crippen LogP contribution >= 0.6 is 0 Å². The third kappa shape index (κ3) is 3.04. The SMILES string of the molecule is C[C@@]1(c2ccc([N+](=O)[O-])cc2)NC(=O)N(CC(=O)c2ccc3c(c2)OCO3)C1=O. The van der Waals surface area contributed by atoms with Gasteiger partial charge in [-0.2, -0.15) is 0 Å². The minimum Gasteiger partial charge on any atom is -0.454 e. The van der Waals surface area contributed by atoms with Crippen LogP contribution < -0.4 is 14.8 Å². The van der Waals surface area contributed by atoms with E-state index in [1.165, 1.54) is 43.3 Å². The largest absolute Gasteiger partial charge is 0.454 e. The molecule has 2 aliphatic heterocycles. The summed E-state index contributed by atoms with van der Waals surface area (Å²) in [5.41, 5.74) is -0.913. The fraction of sp³-hybridized carbons (Fsp3) is 0.211. The summed E-state index contributed by atoms with van der Waals surface area (Å²) in [7, 11) is 0. The molecule has 2 aromatic carbocycles. The number of imide groups is 1. The minimum atomic E-state index is -1.43. The fourth-order valence-electron chi connectivity index (χ4n) is 3.26. The molecular weight excluding hydrogens is 382 g/mol. The Morgan fingerprint density at radius 1 is 1.17 bits per heavy atom. The fourth-order valence-corrected chi connectivity index (χ4v) is 3.26. The van der Waals surface area contributed by atoms with E-state index in [4.69, 9.17) is 9.47 Å². The van der Waals surface area contributed by atoms with Gasteiger partial charge in [0.05, 0.1) is 11.5 Å². The Morgan fingerprint density at radius 3 is 2.55 bits per heavy atom. The highest BCUT2D eigenvalue weighted by atomic mass is 16.7. The van der Waals surface area contributed by atoms with E-state index in [-0.39, 0.29) is 18.0 Å². The summed E-state index contributed by atoms with van der Waals surface area (Å²) in [6, 6.07) is 9.20. The van der Waals surface area contributed by atoms with Gasteiger partial charge < -0.3 is 14.8 Å². The summed E-state index contributed by atoms with van der Waals surface area (Å²) in [5.74, 6) is -0.128. The number of ketones is 1. The molecular formula is C19H15N3O7. The summed E-state index contributed by atoms with van der Waals surface area (Å²) in [6.45, 7) is 1.10. The number of fused-ring (bicyclic) bond motifs is 1. The van der Waals surface area contributed by atoms with Gasteiger partial charge in [0.1, 0.15) is 5.54 Å². The molecule has 1 fully saturated rings. The van der Waals surface area contributed by atoms with Crippen molar-refractivity contribution < 1.29 is 28.8 Å². The molecule has 0 unspecified atom stereocenters. The number of amides is 3. The van der Waals surface area contributed by atoms with Crippen LogP contribution in [0, 0.1) is 10.1 Å². The number of rotatable bonds is 5. The molecule has 29 heavy (non-hydrogen) atoms. The van der Waals surface area contributed by atoms with Crippen LogP contribution in [0.15, 0.2) is 42.5 Å². The Labute approximate surface area is 164 Å². The molecule has 0 spiro atoms. The predicted octanol–water partition coefficient (Wildman–Crippen LogP) is 1.97. The number of carbonyl (C=O) groups excluding carboxylic acids is 3. The van der Waals surface area contributed by atoms with Crippen molar-refractivity contribution in [3.63, 3.8) is 0 Å². The average Bonchev–Trinajstić information content (AvgIpc) is 3.26. The molecule has 10 heteroatoms. The number of nitrogens with zero attached hydrogens (tertiary/aromatic N) is 2. The van der Waals surface area contributed by atoms with Gasteiger partial charge in [0.25, 0.3) is 11.6 Å². The third-order valence-electron chi connectivity index (χ3n) is 4.93. The van der Waals surface area contributed by atoms with Gasteiger partial charge in [-0.15, -0.1) is 0 Å². The van der Waals surface area contributed by atoms with Gasteiger partial charge in [0.15, 0.2) is 17.3 Å². The van der Waals surface area contributed by atoms with Gasteiger partial charge in [-0.3, -0.25) is 24.6 Å². The number of ether oxygens (including phenoxy) is 2. The van der Waals surface area contributed by atoms with E-state index in [1.54, 1.807) is 6.07 Å². The van der Waals surface area contributed by atoms with Gasteiger partial charge in [-0.1, -0.05) is 0 Å². The van der Waals surface area contributed by atoms with E-state index in [1.807, 2.05) is 0 Å². The summed E-state index contributed by atoms with van der Waals surface area (Å²) in [6.07, 6.45) is 0. The van der Waals surface area contributed by atoms with Crippen molar-refractivity contribution in [3.8, 4) is 11.5 Å². The molecule has 2 aromatic rings. The number of hydrogen-bond acceptors (Lipinski definition) is 7. The lowest BCUT2D eigenvalue weighted by molar-refractivity contribution is -0.384. The molecule has 1 saturated heterocycles. The average molecular weight is 397 g/mol. The Hall–Kier alpha value is -3.95. The zero-order chi connectivity index (χ0) is 20.8. The summed E-state index contributed by atoms with van der Waals surface area (Å²) < 4.78 is 10.4. The Bertz CT molecular complexity index is 1050. The van der Waals surface area contributed by atoms with E-state index >= 15 is 0 Å². The molecule has 10 nitrogen and oxygen atoms in total. The van der Waals surface area contributed by atoms with Crippen molar-refractivity contribution in [2.24, 2.45) is 0 Å². The molecule has 0 saturated carbocycles.